The van der Waals surface area contributed by atoms with Gasteiger partial charge in [0.2, 0.25) is 5.91 Å². The van der Waals surface area contributed by atoms with Crippen molar-refractivity contribution < 1.29 is 9.53 Å². The van der Waals surface area contributed by atoms with Gasteiger partial charge in [-0.2, -0.15) is 0 Å². The molecule has 0 radical (unpaired) electrons. The number of carbonyl (C=O) groups excluding carboxylic acids is 1. The van der Waals surface area contributed by atoms with Crippen LogP contribution in [-0.4, -0.2) is 74.7 Å². The smallest absolute Gasteiger partial charge is 0.236 e. The molecule has 0 spiro atoms. The van der Waals surface area contributed by atoms with E-state index in [0.717, 1.165) is 51.5 Å². The quantitative estimate of drug-likeness (QED) is 0.760. The molecule has 2 aliphatic heterocycles. The van der Waals surface area contributed by atoms with E-state index in [1.807, 2.05) is 4.90 Å². The largest absolute Gasteiger partial charge is 0.383 e. The number of ether oxygens (including phenoxy) is 1. The molecule has 0 aromatic heterocycles. The zero-order chi connectivity index (χ0) is 15.1. The first kappa shape index (κ1) is 16.7. The van der Waals surface area contributed by atoms with Crippen molar-refractivity contribution >= 4 is 5.91 Å². The number of methoxy groups -OCH3 is 1. The topological polar surface area (TPSA) is 44.8 Å². The molecule has 0 aromatic carbocycles. The number of hydrogen-bond donors (Lipinski definition) is 1. The summed E-state index contributed by atoms with van der Waals surface area (Å²) in [6.45, 7) is 8.27. The molecule has 1 unspecified atom stereocenters. The van der Waals surface area contributed by atoms with Crippen molar-refractivity contribution in [1.29, 1.82) is 0 Å². The molecule has 0 aliphatic carbocycles. The number of piperidine rings is 1. The van der Waals surface area contributed by atoms with E-state index in [1.54, 1.807) is 7.11 Å². The molecule has 0 bridgehead atoms. The minimum absolute atomic E-state index is 0.288. The SMILES string of the molecule is COCCN(CC(=O)N1CCC(C)CC1)CC1CCCN1. The maximum Gasteiger partial charge on any atom is 0.236 e. The van der Waals surface area contributed by atoms with Gasteiger partial charge in [0, 0.05) is 39.3 Å². The van der Waals surface area contributed by atoms with Crippen LogP contribution >= 0.6 is 0 Å². The molecule has 2 fully saturated rings. The molecule has 5 nitrogen and oxygen atoms in total. The highest BCUT2D eigenvalue weighted by Gasteiger charge is 2.24. The monoisotopic (exact) mass is 297 g/mol. The van der Waals surface area contributed by atoms with Crippen LogP contribution in [0, 0.1) is 5.92 Å². The molecule has 1 atom stereocenters. The predicted octanol–water partition coefficient (Wildman–Crippen LogP) is 0.945. The van der Waals surface area contributed by atoms with Crippen LogP contribution in [0.5, 0.6) is 0 Å². The van der Waals surface area contributed by atoms with Crippen LogP contribution in [0.1, 0.15) is 32.6 Å². The Morgan fingerprint density at radius 3 is 2.71 bits per heavy atom. The Morgan fingerprint density at radius 2 is 2.10 bits per heavy atom. The van der Waals surface area contributed by atoms with Crippen molar-refractivity contribution in [1.82, 2.24) is 15.1 Å². The van der Waals surface area contributed by atoms with Crippen LogP contribution in [0.4, 0.5) is 0 Å². The van der Waals surface area contributed by atoms with Crippen LogP contribution in [0.25, 0.3) is 0 Å². The van der Waals surface area contributed by atoms with Gasteiger partial charge in [-0.15, -0.1) is 0 Å². The van der Waals surface area contributed by atoms with E-state index in [1.165, 1.54) is 12.8 Å². The van der Waals surface area contributed by atoms with Crippen molar-refractivity contribution in [2.75, 3.05) is 53.0 Å². The first-order valence-corrected chi connectivity index (χ1v) is 8.41. The summed E-state index contributed by atoms with van der Waals surface area (Å²) in [4.78, 5) is 16.8. The summed E-state index contributed by atoms with van der Waals surface area (Å²) in [5.74, 6) is 1.05. The fraction of sp³-hybridized carbons (Fsp3) is 0.938. The van der Waals surface area contributed by atoms with E-state index >= 15 is 0 Å². The number of carbonyl (C=O) groups is 1. The van der Waals surface area contributed by atoms with Crippen LogP contribution < -0.4 is 5.32 Å². The highest BCUT2D eigenvalue weighted by molar-refractivity contribution is 5.78. The van der Waals surface area contributed by atoms with Crippen molar-refractivity contribution in [3.05, 3.63) is 0 Å². The molecule has 122 valence electrons. The summed E-state index contributed by atoms with van der Waals surface area (Å²) >= 11 is 0. The van der Waals surface area contributed by atoms with Gasteiger partial charge in [-0.3, -0.25) is 9.69 Å². The fourth-order valence-corrected chi connectivity index (χ4v) is 3.23. The third kappa shape index (κ3) is 5.57. The summed E-state index contributed by atoms with van der Waals surface area (Å²) < 4.78 is 5.19. The second-order valence-electron chi connectivity index (χ2n) is 6.58. The minimum Gasteiger partial charge on any atom is -0.383 e. The average Bonchev–Trinajstić information content (AvgIpc) is 2.98. The maximum absolute atomic E-state index is 12.5. The summed E-state index contributed by atoms with van der Waals surface area (Å²) in [5.41, 5.74) is 0. The van der Waals surface area contributed by atoms with Gasteiger partial charge >= 0.3 is 0 Å². The van der Waals surface area contributed by atoms with Gasteiger partial charge < -0.3 is 15.0 Å². The third-order valence-electron chi connectivity index (χ3n) is 4.75. The van der Waals surface area contributed by atoms with E-state index in [0.29, 0.717) is 19.2 Å². The minimum atomic E-state index is 0.288. The van der Waals surface area contributed by atoms with Gasteiger partial charge in [-0.1, -0.05) is 6.92 Å². The van der Waals surface area contributed by atoms with Crippen LogP contribution in [0.3, 0.4) is 0 Å². The van der Waals surface area contributed by atoms with Gasteiger partial charge in [0.05, 0.1) is 13.2 Å². The van der Waals surface area contributed by atoms with Gasteiger partial charge in [0.15, 0.2) is 0 Å². The number of amides is 1. The van der Waals surface area contributed by atoms with E-state index in [4.69, 9.17) is 4.74 Å². The highest BCUT2D eigenvalue weighted by atomic mass is 16.5. The average molecular weight is 297 g/mol. The molecule has 21 heavy (non-hydrogen) atoms. The number of nitrogens with zero attached hydrogens (tertiary/aromatic N) is 2. The van der Waals surface area contributed by atoms with E-state index < -0.39 is 0 Å². The second-order valence-corrected chi connectivity index (χ2v) is 6.58. The molecule has 0 aromatic rings. The zero-order valence-corrected chi connectivity index (χ0v) is 13.6. The molecule has 0 saturated carbocycles. The van der Waals surface area contributed by atoms with Gasteiger partial charge in [-0.05, 0) is 38.1 Å². The molecule has 2 heterocycles. The van der Waals surface area contributed by atoms with Gasteiger partial charge in [-0.25, -0.2) is 0 Å². The molecule has 2 saturated heterocycles. The van der Waals surface area contributed by atoms with Crippen molar-refractivity contribution in [3.8, 4) is 0 Å². The summed E-state index contributed by atoms with van der Waals surface area (Å²) in [6, 6.07) is 0.538. The summed E-state index contributed by atoms with van der Waals surface area (Å²) in [7, 11) is 1.72. The third-order valence-corrected chi connectivity index (χ3v) is 4.75. The Hall–Kier alpha value is -0.650. The Bertz CT molecular complexity index is 311. The maximum atomic E-state index is 12.5. The molecule has 2 aliphatic rings. The van der Waals surface area contributed by atoms with Gasteiger partial charge in [0.1, 0.15) is 0 Å². The van der Waals surface area contributed by atoms with Crippen LogP contribution in [0.2, 0.25) is 0 Å². The normalized spacial score (nSPS) is 24.0. The van der Waals surface area contributed by atoms with E-state index in [9.17, 15) is 4.79 Å². The Labute approximate surface area is 129 Å². The van der Waals surface area contributed by atoms with E-state index in [2.05, 4.69) is 17.1 Å². The highest BCUT2D eigenvalue weighted by Crippen LogP contribution is 2.16. The Morgan fingerprint density at radius 1 is 1.33 bits per heavy atom. The molecular formula is C16H31N3O2. The van der Waals surface area contributed by atoms with Crippen molar-refractivity contribution in [3.63, 3.8) is 0 Å². The lowest BCUT2D eigenvalue weighted by Gasteiger charge is -2.33. The fourth-order valence-electron chi connectivity index (χ4n) is 3.23. The number of likely N-dealkylation sites (tertiary alicyclic amines) is 1. The summed E-state index contributed by atoms with van der Waals surface area (Å²) in [5, 5.41) is 3.51. The molecule has 1 amide bonds. The molecular weight excluding hydrogens is 266 g/mol. The van der Waals surface area contributed by atoms with Crippen molar-refractivity contribution in [2.45, 2.75) is 38.6 Å². The van der Waals surface area contributed by atoms with Crippen LogP contribution in [0.15, 0.2) is 0 Å². The lowest BCUT2D eigenvalue weighted by atomic mass is 9.99. The molecule has 2 rings (SSSR count). The first-order valence-electron chi connectivity index (χ1n) is 8.41. The lowest BCUT2D eigenvalue weighted by molar-refractivity contribution is -0.134. The molecule has 1 N–H and O–H groups in total. The summed E-state index contributed by atoms with van der Waals surface area (Å²) in [6.07, 6.45) is 4.77. The zero-order valence-electron chi connectivity index (χ0n) is 13.6. The lowest BCUT2D eigenvalue weighted by Crippen LogP contribution is -2.47. The first-order chi connectivity index (χ1) is 10.2. The van der Waals surface area contributed by atoms with E-state index in [-0.39, 0.29) is 5.91 Å². The Balaban J connectivity index is 1.79. The standard InChI is InChI=1S/C16H31N3O2/c1-14-5-8-19(9-6-14)16(20)13-18(10-11-21-2)12-15-4-3-7-17-15/h14-15,17H,3-13H2,1-2H3. The number of hydrogen-bond acceptors (Lipinski definition) is 4. The Kier molecular flexibility index (Phi) is 6.93. The number of nitrogens with one attached hydrogen (secondary N) is 1. The van der Waals surface area contributed by atoms with Crippen molar-refractivity contribution in [2.24, 2.45) is 5.92 Å². The number of rotatable bonds is 7. The second kappa shape index (κ2) is 8.71. The van der Waals surface area contributed by atoms with Gasteiger partial charge in [0.25, 0.3) is 0 Å². The predicted molar refractivity (Wildman–Crippen MR) is 84.3 cm³/mol. The van der Waals surface area contributed by atoms with Crippen LogP contribution in [-0.2, 0) is 9.53 Å². The molecule has 5 heteroatoms.